The molecule has 8 heteroatoms. The van der Waals surface area contributed by atoms with Gasteiger partial charge in [-0.05, 0) is 29.8 Å². The fourth-order valence-electron chi connectivity index (χ4n) is 2.72. The number of carbonyl (C=O) groups excluding carboxylic acids is 1. The second-order valence-corrected chi connectivity index (χ2v) is 6.02. The first-order chi connectivity index (χ1) is 13.4. The number of halogens is 3. The van der Waals surface area contributed by atoms with Crippen molar-refractivity contribution < 1.29 is 18.0 Å². The van der Waals surface area contributed by atoms with Crippen molar-refractivity contribution in [2.24, 2.45) is 0 Å². The molecule has 5 nitrogen and oxygen atoms in total. The summed E-state index contributed by atoms with van der Waals surface area (Å²) < 4.78 is 40.0. The number of carbonyl (C=O) groups is 1. The quantitative estimate of drug-likeness (QED) is 0.728. The Hall–Kier alpha value is -3.60. The molecular formula is C20H15F3N4O. The van der Waals surface area contributed by atoms with Gasteiger partial charge in [-0.15, -0.1) is 0 Å². The van der Waals surface area contributed by atoms with E-state index in [4.69, 9.17) is 0 Å². The molecule has 142 valence electrons. The number of hydrogen-bond donors (Lipinski definition) is 1. The Morgan fingerprint density at radius 3 is 2.57 bits per heavy atom. The minimum atomic E-state index is -4.57. The Kier molecular flexibility index (Phi) is 5.45. The molecule has 0 saturated carbocycles. The molecule has 0 radical (unpaired) electrons. The van der Waals surface area contributed by atoms with Gasteiger partial charge in [-0.3, -0.25) is 4.79 Å². The smallest absolute Gasteiger partial charge is 0.336 e. The molecule has 1 amide bonds. The maximum absolute atomic E-state index is 13.1. The van der Waals surface area contributed by atoms with E-state index in [1.165, 1.54) is 24.3 Å². The van der Waals surface area contributed by atoms with Gasteiger partial charge in [0.05, 0.1) is 18.0 Å². The third-order valence-corrected chi connectivity index (χ3v) is 4.03. The second kappa shape index (κ2) is 7.96. The molecule has 0 spiro atoms. The molecule has 0 aliphatic heterocycles. The van der Waals surface area contributed by atoms with E-state index in [0.29, 0.717) is 6.42 Å². The van der Waals surface area contributed by atoms with Crippen LogP contribution in [0.5, 0.6) is 0 Å². The molecule has 2 aromatic carbocycles. The molecule has 0 saturated heterocycles. The summed E-state index contributed by atoms with van der Waals surface area (Å²) in [6.07, 6.45) is -3.21. The number of aromatic nitrogens is 2. The molecule has 0 fully saturated rings. The number of alkyl halides is 3. The van der Waals surface area contributed by atoms with Gasteiger partial charge in [0.1, 0.15) is 11.7 Å². The van der Waals surface area contributed by atoms with E-state index >= 15 is 0 Å². The van der Waals surface area contributed by atoms with Gasteiger partial charge >= 0.3 is 6.18 Å². The lowest BCUT2D eigenvalue weighted by atomic mass is 10.1. The van der Waals surface area contributed by atoms with Crippen LogP contribution in [0.1, 0.15) is 21.6 Å². The minimum absolute atomic E-state index is 0.0987. The number of rotatable bonds is 5. The molecule has 3 aromatic rings. The first-order valence-corrected chi connectivity index (χ1v) is 8.34. The third-order valence-electron chi connectivity index (χ3n) is 4.03. The monoisotopic (exact) mass is 384 g/mol. The Bertz CT molecular complexity index is 1010. The van der Waals surface area contributed by atoms with Crippen LogP contribution in [-0.2, 0) is 12.6 Å². The average Bonchev–Trinajstić information content (AvgIpc) is 3.19. The summed E-state index contributed by atoms with van der Waals surface area (Å²) in [6.45, 7) is 0. The number of benzene rings is 2. The van der Waals surface area contributed by atoms with Gasteiger partial charge in [-0.2, -0.15) is 23.5 Å². The van der Waals surface area contributed by atoms with Crippen molar-refractivity contribution in [2.45, 2.75) is 18.6 Å². The van der Waals surface area contributed by atoms with Gasteiger partial charge in [0, 0.05) is 12.0 Å². The Balaban J connectivity index is 1.79. The molecule has 1 aromatic heterocycles. The largest absolute Gasteiger partial charge is 0.433 e. The van der Waals surface area contributed by atoms with E-state index < -0.39 is 23.8 Å². The zero-order chi connectivity index (χ0) is 20.1. The van der Waals surface area contributed by atoms with Crippen molar-refractivity contribution in [1.82, 2.24) is 15.1 Å². The van der Waals surface area contributed by atoms with Crippen molar-refractivity contribution in [3.05, 3.63) is 83.7 Å². The lowest BCUT2D eigenvalue weighted by Crippen LogP contribution is -2.35. The van der Waals surface area contributed by atoms with E-state index in [1.807, 2.05) is 36.4 Å². The highest BCUT2D eigenvalue weighted by Crippen LogP contribution is 2.30. The van der Waals surface area contributed by atoms with Gasteiger partial charge in [0.15, 0.2) is 0 Å². The standard InChI is InChI=1S/C20H15F3N4O/c21-20(22,23)18-9-10-25-27(18)17-8-4-7-15(12-17)19(28)26-16(13-24)11-14-5-2-1-3-6-14/h1-10,12,16H,11H2,(H,26,28). The minimum Gasteiger partial charge on any atom is -0.336 e. The van der Waals surface area contributed by atoms with Crippen LogP contribution < -0.4 is 5.32 Å². The second-order valence-electron chi connectivity index (χ2n) is 6.02. The van der Waals surface area contributed by atoms with Crippen LogP contribution in [0.4, 0.5) is 13.2 Å². The molecule has 0 aliphatic rings. The summed E-state index contributed by atoms with van der Waals surface area (Å²) in [6, 6.07) is 17.0. The number of nitriles is 1. The predicted octanol–water partition coefficient (Wildman–Crippen LogP) is 3.76. The van der Waals surface area contributed by atoms with Crippen molar-refractivity contribution in [3.63, 3.8) is 0 Å². The van der Waals surface area contributed by atoms with Gasteiger partial charge in [0.25, 0.3) is 5.91 Å². The van der Waals surface area contributed by atoms with E-state index in [-0.39, 0.29) is 11.3 Å². The number of nitrogens with one attached hydrogen (secondary N) is 1. The fourth-order valence-corrected chi connectivity index (χ4v) is 2.72. The first-order valence-electron chi connectivity index (χ1n) is 8.34. The topological polar surface area (TPSA) is 70.7 Å². The van der Waals surface area contributed by atoms with Crippen LogP contribution in [0, 0.1) is 11.3 Å². The number of hydrogen-bond acceptors (Lipinski definition) is 3. The summed E-state index contributed by atoms with van der Waals surface area (Å²) >= 11 is 0. The average molecular weight is 384 g/mol. The molecule has 1 unspecified atom stereocenters. The first kappa shape index (κ1) is 19.2. The molecule has 1 N–H and O–H groups in total. The summed E-state index contributed by atoms with van der Waals surface area (Å²) in [5.41, 5.74) is 0.175. The number of amides is 1. The predicted molar refractivity (Wildman–Crippen MR) is 95.6 cm³/mol. The van der Waals surface area contributed by atoms with Crippen molar-refractivity contribution in [2.75, 3.05) is 0 Å². The Morgan fingerprint density at radius 1 is 1.14 bits per heavy atom. The SMILES string of the molecule is N#CC(Cc1ccccc1)NC(=O)c1cccc(-n2nccc2C(F)(F)F)c1. The normalized spacial score (nSPS) is 12.2. The van der Waals surface area contributed by atoms with Crippen LogP contribution >= 0.6 is 0 Å². The zero-order valence-electron chi connectivity index (χ0n) is 14.5. The molecule has 1 heterocycles. The highest BCUT2D eigenvalue weighted by Gasteiger charge is 2.35. The van der Waals surface area contributed by atoms with Crippen LogP contribution in [0.3, 0.4) is 0 Å². The fraction of sp³-hybridized carbons (Fsp3) is 0.150. The van der Waals surface area contributed by atoms with Crippen LogP contribution in [0.15, 0.2) is 66.9 Å². The lowest BCUT2D eigenvalue weighted by Gasteiger charge is -2.13. The maximum atomic E-state index is 13.1. The van der Waals surface area contributed by atoms with Crippen LogP contribution in [0.25, 0.3) is 5.69 Å². The van der Waals surface area contributed by atoms with Crippen molar-refractivity contribution in [1.29, 1.82) is 5.26 Å². The van der Waals surface area contributed by atoms with Gasteiger partial charge in [0.2, 0.25) is 0 Å². The highest BCUT2D eigenvalue weighted by molar-refractivity contribution is 5.95. The number of nitrogens with zero attached hydrogens (tertiary/aromatic N) is 3. The van der Waals surface area contributed by atoms with E-state index in [0.717, 1.165) is 22.5 Å². The van der Waals surface area contributed by atoms with E-state index in [1.54, 1.807) is 0 Å². The van der Waals surface area contributed by atoms with Crippen molar-refractivity contribution >= 4 is 5.91 Å². The van der Waals surface area contributed by atoms with E-state index in [2.05, 4.69) is 10.4 Å². The van der Waals surface area contributed by atoms with Crippen LogP contribution in [-0.4, -0.2) is 21.7 Å². The summed E-state index contributed by atoms with van der Waals surface area (Å²) in [4.78, 5) is 12.5. The van der Waals surface area contributed by atoms with Gasteiger partial charge in [-0.1, -0.05) is 36.4 Å². The third kappa shape index (κ3) is 4.38. The Labute approximate surface area is 159 Å². The molecule has 3 rings (SSSR count). The zero-order valence-corrected chi connectivity index (χ0v) is 14.5. The lowest BCUT2D eigenvalue weighted by molar-refractivity contribution is -0.142. The summed E-state index contributed by atoms with van der Waals surface area (Å²) in [5, 5.41) is 15.6. The molecule has 0 bridgehead atoms. The molecular weight excluding hydrogens is 369 g/mol. The summed E-state index contributed by atoms with van der Waals surface area (Å²) in [7, 11) is 0. The van der Waals surface area contributed by atoms with Crippen LogP contribution in [0.2, 0.25) is 0 Å². The summed E-state index contributed by atoms with van der Waals surface area (Å²) in [5.74, 6) is -0.551. The Morgan fingerprint density at radius 2 is 1.89 bits per heavy atom. The molecule has 0 aliphatic carbocycles. The van der Waals surface area contributed by atoms with Crippen molar-refractivity contribution in [3.8, 4) is 11.8 Å². The van der Waals surface area contributed by atoms with Gasteiger partial charge < -0.3 is 5.32 Å². The molecule has 28 heavy (non-hydrogen) atoms. The highest BCUT2D eigenvalue weighted by atomic mass is 19.4. The maximum Gasteiger partial charge on any atom is 0.433 e. The van der Waals surface area contributed by atoms with E-state index in [9.17, 15) is 23.2 Å². The van der Waals surface area contributed by atoms with Gasteiger partial charge in [-0.25, -0.2) is 4.68 Å². The molecule has 1 atom stereocenters.